The van der Waals surface area contributed by atoms with E-state index in [0.29, 0.717) is 11.3 Å². The molecule has 0 radical (unpaired) electrons. The average Bonchev–Trinajstić information content (AvgIpc) is 2.27. The second-order valence-corrected chi connectivity index (χ2v) is 8.82. The first-order chi connectivity index (χ1) is 8.78. The Morgan fingerprint density at radius 1 is 1.21 bits per heavy atom. The van der Waals surface area contributed by atoms with Crippen molar-refractivity contribution >= 4 is 25.5 Å². The zero-order valence-electron chi connectivity index (χ0n) is 10.3. The van der Waals surface area contributed by atoms with Crippen molar-refractivity contribution in [3.63, 3.8) is 0 Å². The van der Waals surface area contributed by atoms with Crippen LogP contribution in [0.3, 0.4) is 0 Å². The summed E-state index contributed by atoms with van der Waals surface area (Å²) in [4.78, 5) is 0. The van der Waals surface area contributed by atoms with Crippen LogP contribution in [0.5, 0.6) is 0 Å². The first-order valence-corrected chi connectivity index (χ1v) is 9.24. The van der Waals surface area contributed by atoms with Crippen molar-refractivity contribution in [2.75, 3.05) is 30.3 Å². The van der Waals surface area contributed by atoms with E-state index < -0.39 is 19.9 Å². The Labute approximate surface area is 113 Å². The standard InChI is InChI=1S/C11H16N2O4S2/c12-11-3-1-2-10(8-11)9-19(16,17)13-4-6-18(14,15)7-5-13/h1-3,8H,4-7,9,12H2. The summed E-state index contributed by atoms with van der Waals surface area (Å²) in [5, 5.41) is 0. The van der Waals surface area contributed by atoms with Crippen LogP contribution < -0.4 is 5.73 Å². The lowest BCUT2D eigenvalue weighted by molar-refractivity contribution is 0.430. The summed E-state index contributed by atoms with van der Waals surface area (Å²) in [5.74, 6) is -0.371. The highest BCUT2D eigenvalue weighted by Crippen LogP contribution is 2.16. The number of anilines is 1. The third-order valence-corrected chi connectivity index (χ3v) is 6.46. The van der Waals surface area contributed by atoms with Gasteiger partial charge >= 0.3 is 0 Å². The Bertz CT molecular complexity index is 654. The summed E-state index contributed by atoms with van der Waals surface area (Å²) in [5.41, 5.74) is 6.72. The predicted octanol–water partition coefficient (Wildman–Crippen LogP) is -0.171. The topological polar surface area (TPSA) is 97.5 Å². The summed E-state index contributed by atoms with van der Waals surface area (Å²) in [7, 11) is -6.57. The summed E-state index contributed by atoms with van der Waals surface area (Å²) >= 11 is 0. The number of nitrogens with two attached hydrogens (primary N) is 1. The minimum atomic E-state index is -3.49. The second kappa shape index (κ2) is 5.10. The Hall–Kier alpha value is -1.12. The number of sulfone groups is 1. The van der Waals surface area contributed by atoms with Gasteiger partial charge in [-0.05, 0) is 17.7 Å². The lowest BCUT2D eigenvalue weighted by atomic mass is 10.2. The molecule has 0 amide bonds. The van der Waals surface area contributed by atoms with Crippen LogP contribution in [0.2, 0.25) is 0 Å². The number of nitrogen functional groups attached to an aromatic ring is 1. The number of rotatable bonds is 3. The highest BCUT2D eigenvalue weighted by atomic mass is 32.2. The van der Waals surface area contributed by atoms with Gasteiger partial charge in [0.25, 0.3) is 0 Å². The molecule has 19 heavy (non-hydrogen) atoms. The Balaban J connectivity index is 2.11. The molecule has 106 valence electrons. The summed E-state index contributed by atoms with van der Waals surface area (Å²) < 4.78 is 48.1. The summed E-state index contributed by atoms with van der Waals surface area (Å²) in [6.07, 6.45) is 0. The Morgan fingerprint density at radius 3 is 2.42 bits per heavy atom. The van der Waals surface area contributed by atoms with Gasteiger partial charge < -0.3 is 5.73 Å². The average molecular weight is 304 g/mol. The third kappa shape index (κ3) is 3.68. The van der Waals surface area contributed by atoms with Gasteiger partial charge in [0.2, 0.25) is 10.0 Å². The van der Waals surface area contributed by atoms with Crippen molar-refractivity contribution in [3.05, 3.63) is 29.8 Å². The van der Waals surface area contributed by atoms with Gasteiger partial charge in [0, 0.05) is 18.8 Å². The predicted molar refractivity (Wildman–Crippen MR) is 73.7 cm³/mol. The molecule has 1 saturated heterocycles. The highest BCUT2D eigenvalue weighted by molar-refractivity contribution is 7.92. The molecule has 1 heterocycles. The molecule has 1 aromatic carbocycles. The molecular formula is C11H16N2O4S2. The summed E-state index contributed by atoms with van der Waals surface area (Å²) in [6.45, 7) is 0.0694. The molecule has 0 bridgehead atoms. The quantitative estimate of drug-likeness (QED) is 0.782. The van der Waals surface area contributed by atoms with Crippen molar-refractivity contribution in [2.24, 2.45) is 0 Å². The van der Waals surface area contributed by atoms with Crippen LogP contribution in [0.1, 0.15) is 5.56 Å². The first kappa shape index (κ1) is 14.3. The minimum Gasteiger partial charge on any atom is -0.399 e. The van der Waals surface area contributed by atoms with E-state index in [-0.39, 0.29) is 30.3 Å². The van der Waals surface area contributed by atoms with Crippen LogP contribution in [0, 0.1) is 0 Å². The van der Waals surface area contributed by atoms with E-state index in [1.54, 1.807) is 24.3 Å². The fourth-order valence-electron chi connectivity index (χ4n) is 1.96. The van der Waals surface area contributed by atoms with Crippen molar-refractivity contribution in [3.8, 4) is 0 Å². The van der Waals surface area contributed by atoms with Gasteiger partial charge in [-0.25, -0.2) is 16.8 Å². The molecule has 0 aliphatic carbocycles. The van der Waals surface area contributed by atoms with Crippen LogP contribution >= 0.6 is 0 Å². The second-order valence-electron chi connectivity index (χ2n) is 4.55. The van der Waals surface area contributed by atoms with Crippen LogP contribution in [0.15, 0.2) is 24.3 Å². The number of hydrogen-bond acceptors (Lipinski definition) is 5. The molecular weight excluding hydrogens is 288 g/mol. The normalized spacial score (nSPS) is 20.2. The zero-order chi connectivity index (χ0) is 14.1. The van der Waals surface area contributed by atoms with Gasteiger partial charge in [0.05, 0.1) is 17.3 Å². The third-order valence-electron chi connectivity index (χ3n) is 3.00. The Morgan fingerprint density at radius 2 is 1.84 bits per heavy atom. The molecule has 0 atom stereocenters. The molecule has 2 rings (SSSR count). The fraction of sp³-hybridized carbons (Fsp3) is 0.455. The smallest absolute Gasteiger partial charge is 0.218 e. The largest absolute Gasteiger partial charge is 0.399 e. The Kier molecular flexibility index (Phi) is 3.84. The molecule has 2 N–H and O–H groups in total. The van der Waals surface area contributed by atoms with Gasteiger partial charge in [-0.1, -0.05) is 12.1 Å². The monoisotopic (exact) mass is 304 g/mol. The van der Waals surface area contributed by atoms with Crippen LogP contribution in [-0.2, 0) is 25.6 Å². The lowest BCUT2D eigenvalue weighted by Gasteiger charge is -2.25. The van der Waals surface area contributed by atoms with E-state index in [2.05, 4.69) is 0 Å². The molecule has 1 aliphatic rings. The van der Waals surface area contributed by atoms with Crippen molar-refractivity contribution in [1.82, 2.24) is 4.31 Å². The molecule has 1 aromatic rings. The maximum Gasteiger partial charge on any atom is 0.218 e. The molecule has 0 aromatic heterocycles. The molecule has 1 fully saturated rings. The van der Waals surface area contributed by atoms with E-state index in [1.165, 1.54) is 4.31 Å². The van der Waals surface area contributed by atoms with Crippen molar-refractivity contribution in [2.45, 2.75) is 5.75 Å². The highest BCUT2D eigenvalue weighted by Gasteiger charge is 2.29. The lowest BCUT2D eigenvalue weighted by Crippen LogP contribution is -2.44. The van der Waals surface area contributed by atoms with Crippen LogP contribution in [0.4, 0.5) is 5.69 Å². The molecule has 6 nitrogen and oxygen atoms in total. The van der Waals surface area contributed by atoms with E-state index in [1.807, 2.05) is 0 Å². The maximum absolute atomic E-state index is 12.2. The number of sulfonamides is 1. The van der Waals surface area contributed by atoms with E-state index >= 15 is 0 Å². The van der Waals surface area contributed by atoms with E-state index in [9.17, 15) is 16.8 Å². The van der Waals surface area contributed by atoms with Crippen molar-refractivity contribution < 1.29 is 16.8 Å². The van der Waals surface area contributed by atoms with Crippen molar-refractivity contribution in [1.29, 1.82) is 0 Å². The number of nitrogens with zero attached hydrogens (tertiary/aromatic N) is 1. The summed E-state index contributed by atoms with van der Waals surface area (Å²) in [6, 6.07) is 6.68. The SMILES string of the molecule is Nc1cccc(CS(=O)(=O)N2CCS(=O)(=O)CC2)c1. The zero-order valence-corrected chi connectivity index (χ0v) is 12.0. The minimum absolute atomic E-state index is 0.0347. The van der Waals surface area contributed by atoms with E-state index in [0.717, 1.165) is 0 Å². The van der Waals surface area contributed by atoms with Gasteiger partial charge in [0.1, 0.15) is 0 Å². The van der Waals surface area contributed by atoms with Gasteiger partial charge in [-0.2, -0.15) is 4.31 Å². The van der Waals surface area contributed by atoms with E-state index in [4.69, 9.17) is 5.73 Å². The molecule has 0 unspecified atom stereocenters. The fourth-order valence-corrected chi connectivity index (χ4v) is 4.91. The van der Waals surface area contributed by atoms with Gasteiger partial charge in [0.15, 0.2) is 9.84 Å². The number of benzene rings is 1. The maximum atomic E-state index is 12.2. The molecule has 8 heteroatoms. The van der Waals surface area contributed by atoms with Crippen LogP contribution in [0.25, 0.3) is 0 Å². The first-order valence-electron chi connectivity index (χ1n) is 5.81. The van der Waals surface area contributed by atoms with Gasteiger partial charge in [-0.3, -0.25) is 0 Å². The van der Waals surface area contributed by atoms with Gasteiger partial charge in [-0.15, -0.1) is 0 Å². The molecule has 0 spiro atoms. The molecule has 0 saturated carbocycles. The number of hydrogen-bond donors (Lipinski definition) is 1. The molecule has 1 aliphatic heterocycles. The van der Waals surface area contributed by atoms with Crippen LogP contribution in [-0.4, -0.2) is 45.7 Å².